The van der Waals surface area contributed by atoms with Gasteiger partial charge in [-0.05, 0) is 36.8 Å². The van der Waals surface area contributed by atoms with E-state index in [1.54, 1.807) is 13.0 Å². The predicted molar refractivity (Wildman–Crippen MR) is 63.1 cm³/mol. The number of carboxylic acid groups (broad SMARTS) is 1. The first-order valence-corrected chi connectivity index (χ1v) is 5.68. The van der Waals surface area contributed by atoms with Crippen LogP contribution in [0.1, 0.15) is 36.8 Å². The second kappa shape index (κ2) is 4.34. The van der Waals surface area contributed by atoms with Crippen LogP contribution in [0.2, 0.25) is 0 Å². The lowest BCUT2D eigenvalue weighted by Crippen LogP contribution is -2.29. The number of aliphatic carboxylic acids is 1. The predicted octanol–water partition coefficient (Wildman–Crippen LogP) is 1.08. The summed E-state index contributed by atoms with van der Waals surface area (Å²) in [5, 5.41) is 20.9. The van der Waals surface area contributed by atoms with Crippen LogP contribution in [-0.4, -0.2) is 16.7 Å². The molecule has 0 bridgehead atoms. The van der Waals surface area contributed by atoms with Gasteiger partial charge in [-0.3, -0.25) is 0 Å². The summed E-state index contributed by atoms with van der Waals surface area (Å²) in [7, 11) is 0. The summed E-state index contributed by atoms with van der Waals surface area (Å²) in [5.74, 6) is -1.29. The van der Waals surface area contributed by atoms with Crippen LogP contribution in [0.15, 0.2) is 30.3 Å². The quantitative estimate of drug-likeness (QED) is 0.828. The first kappa shape index (κ1) is 11.9. The van der Waals surface area contributed by atoms with Gasteiger partial charge in [0.05, 0.1) is 5.60 Å². The van der Waals surface area contributed by atoms with E-state index in [0.717, 1.165) is 11.1 Å². The molecular weight excluding hydrogens is 216 g/mol. The fourth-order valence-electron chi connectivity index (χ4n) is 2.36. The standard InChI is InChI=1S/C14H16O3/c1-14(17)7-6-10-4-2-3-5-12(10)11(9-14)8-13(15)16/h2-7,11,17H,8-9H2,1H3,(H,15,16)/p-1. The van der Waals surface area contributed by atoms with Gasteiger partial charge in [0.1, 0.15) is 0 Å². The molecule has 0 radical (unpaired) electrons. The third-order valence-electron chi connectivity index (χ3n) is 3.13. The van der Waals surface area contributed by atoms with Crippen molar-refractivity contribution in [3.8, 4) is 0 Å². The smallest absolute Gasteiger partial charge is 0.0808 e. The van der Waals surface area contributed by atoms with E-state index in [0.29, 0.717) is 6.42 Å². The van der Waals surface area contributed by atoms with Crippen molar-refractivity contribution in [1.82, 2.24) is 0 Å². The minimum absolute atomic E-state index is 0.0607. The van der Waals surface area contributed by atoms with E-state index in [2.05, 4.69) is 0 Å². The van der Waals surface area contributed by atoms with Gasteiger partial charge in [0.2, 0.25) is 0 Å². The minimum atomic E-state index is -1.08. The molecule has 3 nitrogen and oxygen atoms in total. The highest BCUT2D eigenvalue weighted by Crippen LogP contribution is 2.35. The molecule has 0 heterocycles. The number of fused-ring (bicyclic) bond motifs is 1. The second-order valence-corrected chi connectivity index (χ2v) is 4.80. The number of hydrogen-bond donors (Lipinski definition) is 1. The zero-order valence-electron chi connectivity index (χ0n) is 9.72. The molecule has 1 aromatic carbocycles. The molecule has 2 unspecified atom stereocenters. The molecule has 90 valence electrons. The van der Waals surface area contributed by atoms with Gasteiger partial charge in [0.15, 0.2) is 0 Å². The summed E-state index contributed by atoms with van der Waals surface area (Å²) in [6.45, 7) is 1.69. The van der Waals surface area contributed by atoms with Crippen molar-refractivity contribution in [2.45, 2.75) is 31.3 Å². The van der Waals surface area contributed by atoms with E-state index in [4.69, 9.17) is 0 Å². The fourth-order valence-corrected chi connectivity index (χ4v) is 2.36. The summed E-state index contributed by atoms with van der Waals surface area (Å²) in [5.41, 5.74) is 0.960. The van der Waals surface area contributed by atoms with Crippen molar-refractivity contribution in [3.63, 3.8) is 0 Å². The largest absolute Gasteiger partial charge is 0.550 e. The number of aliphatic hydroxyl groups is 1. The Hall–Kier alpha value is -1.61. The van der Waals surface area contributed by atoms with Crippen LogP contribution in [0.3, 0.4) is 0 Å². The molecule has 0 aliphatic heterocycles. The molecule has 0 saturated heterocycles. The normalized spacial score (nSPS) is 27.3. The van der Waals surface area contributed by atoms with Crippen molar-refractivity contribution < 1.29 is 15.0 Å². The van der Waals surface area contributed by atoms with Crippen LogP contribution in [-0.2, 0) is 4.79 Å². The van der Waals surface area contributed by atoms with E-state index in [1.807, 2.05) is 30.3 Å². The second-order valence-electron chi connectivity index (χ2n) is 4.80. The maximum Gasteiger partial charge on any atom is 0.0808 e. The number of benzene rings is 1. The average molecular weight is 231 g/mol. The van der Waals surface area contributed by atoms with Crippen molar-refractivity contribution >= 4 is 12.0 Å². The van der Waals surface area contributed by atoms with Crippen molar-refractivity contribution in [1.29, 1.82) is 0 Å². The molecule has 2 atom stereocenters. The van der Waals surface area contributed by atoms with Gasteiger partial charge in [0.25, 0.3) is 0 Å². The highest BCUT2D eigenvalue weighted by Gasteiger charge is 2.27. The molecule has 0 aromatic heterocycles. The van der Waals surface area contributed by atoms with Crippen LogP contribution < -0.4 is 5.11 Å². The number of hydrogen-bond acceptors (Lipinski definition) is 3. The number of carboxylic acids is 1. The maximum atomic E-state index is 10.8. The van der Waals surface area contributed by atoms with Crippen LogP contribution in [0.4, 0.5) is 0 Å². The lowest BCUT2D eigenvalue weighted by Gasteiger charge is -2.25. The number of carbonyl (C=O) groups is 1. The van der Waals surface area contributed by atoms with E-state index < -0.39 is 11.6 Å². The fraction of sp³-hybridized carbons (Fsp3) is 0.357. The summed E-state index contributed by atoms with van der Waals surface area (Å²) in [6.07, 6.45) is 3.91. The van der Waals surface area contributed by atoms with Gasteiger partial charge in [-0.1, -0.05) is 36.4 Å². The van der Waals surface area contributed by atoms with Crippen LogP contribution in [0.25, 0.3) is 6.08 Å². The first-order valence-electron chi connectivity index (χ1n) is 5.68. The van der Waals surface area contributed by atoms with Crippen LogP contribution in [0.5, 0.6) is 0 Å². The summed E-state index contributed by atoms with van der Waals surface area (Å²) in [4.78, 5) is 10.8. The third-order valence-corrected chi connectivity index (χ3v) is 3.13. The molecule has 0 fully saturated rings. The average Bonchev–Trinajstić information content (AvgIpc) is 2.36. The Morgan fingerprint density at radius 2 is 2.24 bits per heavy atom. The molecule has 17 heavy (non-hydrogen) atoms. The molecule has 1 aromatic rings. The SMILES string of the molecule is CC1(O)C=Cc2ccccc2C(CC(=O)[O-])C1. The highest BCUT2D eigenvalue weighted by molar-refractivity contribution is 5.67. The molecular formula is C14H15O3-. The minimum Gasteiger partial charge on any atom is -0.550 e. The molecule has 1 N–H and O–H groups in total. The Bertz CT molecular complexity index is 460. The molecule has 0 saturated carbocycles. The van der Waals surface area contributed by atoms with Crippen molar-refractivity contribution in [3.05, 3.63) is 41.5 Å². The van der Waals surface area contributed by atoms with E-state index in [1.165, 1.54) is 0 Å². The Kier molecular flexibility index (Phi) is 3.03. The molecule has 1 aliphatic carbocycles. The van der Waals surface area contributed by atoms with Gasteiger partial charge in [0, 0.05) is 5.97 Å². The van der Waals surface area contributed by atoms with Gasteiger partial charge >= 0.3 is 0 Å². The maximum absolute atomic E-state index is 10.8. The summed E-state index contributed by atoms with van der Waals surface area (Å²) < 4.78 is 0. The zero-order chi connectivity index (χ0) is 12.5. The van der Waals surface area contributed by atoms with Crippen LogP contribution in [0, 0.1) is 0 Å². The summed E-state index contributed by atoms with van der Waals surface area (Å²) >= 11 is 0. The molecule has 0 spiro atoms. The van der Waals surface area contributed by atoms with Crippen molar-refractivity contribution in [2.75, 3.05) is 0 Å². The third kappa shape index (κ3) is 2.74. The van der Waals surface area contributed by atoms with Gasteiger partial charge in [-0.25, -0.2) is 0 Å². The van der Waals surface area contributed by atoms with Gasteiger partial charge < -0.3 is 15.0 Å². The lowest BCUT2D eigenvalue weighted by molar-refractivity contribution is -0.306. The molecule has 2 rings (SSSR count). The Morgan fingerprint density at radius 1 is 1.53 bits per heavy atom. The Labute approximate surface area is 100 Å². The van der Waals surface area contributed by atoms with E-state index in [9.17, 15) is 15.0 Å². The number of rotatable bonds is 2. The molecule has 0 amide bonds. The first-order chi connectivity index (χ1) is 7.98. The zero-order valence-corrected chi connectivity index (χ0v) is 9.72. The Balaban J connectivity index is 2.41. The number of carbonyl (C=O) groups excluding carboxylic acids is 1. The topological polar surface area (TPSA) is 60.4 Å². The van der Waals surface area contributed by atoms with E-state index >= 15 is 0 Å². The highest BCUT2D eigenvalue weighted by atomic mass is 16.4. The molecule has 3 heteroatoms. The summed E-state index contributed by atoms with van der Waals surface area (Å²) in [6, 6.07) is 7.62. The van der Waals surface area contributed by atoms with Gasteiger partial charge in [-0.15, -0.1) is 0 Å². The Morgan fingerprint density at radius 3 is 2.94 bits per heavy atom. The lowest BCUT2D eigenvalue weighted by atomic mass is 9.85. The monoisotopic (exact) mass is 231 g/mol. The van der Waals surface area contributed by atoms with Crippen molar-refractivity contribution in [2.24, 2.45) is 0 Å². The van der Waals surface area contributed by atoms with Gasteiger partial charge in [-0.2, -0.15) is 0 Å². The van der Waals surface area contributed by atoms with E-state index in [-0.39, 0.29) is 12.3 Å². The molecule has 1 aliphatic rings. The van der Waals surface area contributed by atoms with Crippen LogP contribution >= 0.6 is 0 Å².